The summed E-state index contributed by atoms with van der Waals surface area (Å²) in [5.74, 6) is 0.912. The molecule has 128 valence electrons. The first-order valence-corrected chi connectivity index (χ1v) is 9.07. The lowest BCUT2D eigenvalue weighted by Gasteiger charge is -2.08. The van der Waals surface area contributed by atoms with Crippen molar-refractivity contribution in [3.05, 3.63) is 101 Å². The van der Waals surface area contributed by atoms with Crippen LogP contribution in [-0.2, 0) is 6.54 Å². The summed E-state index contributed by atoms with van der Waals surface area (Å²) in [4.78, 5) is 4.89. The van der Waals surface area contributed by atoms with Crippen molar-refractivity contribution in [1.82, 2.24) is 9.55 Å². The van der Waals surface area contributed by atoms with Crippen LogP contribution in [0, 0.1) is 0 Å². The zero-order valence-electron chi connectivity index (χ0n) is 13.9. The third-order valence-electron chi connectivity index (χ3n) is 4.21. The molecule has 0 unspecified atom stereocenters. The molecular formula is C22H16Cl2N2. The van der Waals surface area contributed by atoms with Crippen molar-refractivity contribution in [2.75, 3.05) is 0 Å². The van der Waals surface area contributed by atoms with Gasteiger partial charge < -0.3 is 4.57 Å². The van der Waals surface area contributed by atoms with Crippen molar-refractivity contribution in [1.29, 1.82) is 0 Å². The van der Waals surface area contributed by atoms with Gasteiger partial charge in [0.25, 0.3) is 0 Å². The number of hydrogen-bond donors (Lipinski definition) is 0. The maximum atomic E-state index is 6.04. The Morgan fingerprint density at radius 3 is 1.96 bits per heavy atom. The molecule has 1 heterocycles. The van der Waals surface area contributed by atoms with Gasteiger partial charge in [0, 0.05) is 33.9 Å². The van der Waals surface area contributed by atoms with Gasteiger partial charge in [-0.15, -0.1) is 0 Å². The number of rotatable bonds is 4. The molecule has 0 saturated heterocycles. The minimum atomic E-state index is 0.716. The highest BCUT2D eigenvalue weighted by Gasteiger charge is 2.12. The van der Waals surface area contributed by atoms with Crippen LogP contribution < -0.4 is 0 Å². The van der Waals surface area contributed by atoms with Crippen molar-refractivity contribution in [2.24, 2.45) is 0 Å². The average molecular weight is 379 g/mol. The number of benzene rings is 3. The average Bonchev–Trinajstić information content (AvgIpc) is 3.09. The molecule has 0 bridgehead atoms. The summed E-state index contributed by atoms with van der Waals surface area (Å²) in [6.07, 6.45) is 2.09. The van der Waals surface area contributed by atoms with E-state index >= 15 is 0 Å². The van der Waals surface area contributed by atoms with Crippen molar-refractivity contribution in [3.8, 4) is 22.6 Å². The van der Waals surface area contributed by atoms with E-state index in [2.05, 4.69) is 22.9 Å². The molecule has 0 aliphatic carbocycles. The third-order valence-corrected chi connectivity index (χ3v) is 4.72. The van der Waals surface area contributed by atoms with Crippen molar-refractivity contribution in [2.45, 2.75) is 6.54 Å². The van der Waals surface area contributed by atoms with Gasteiger partial charge in [-0.2, -0.15) is 0 Å². The number of imidazole rings is 1. The summed E-state index contributed by atoms with van der Waals surface area (Å²) in [5.41, 5.74) is 4.24. The van der Waals surface area contributed by atoms with Crippen molar-refractivity contribution < 1.29 is 0 Å². The zero-order valence-corrected chi connectivity index (χ0v) is 15.5. The van der Waals surface area contributed by atoms with Crippen LogP contribution in [0.4, 0.5) is 0 Å². The molecule has 0 spiro atoms. The summed E-state index contributed by atoms with van der Waals surface area (Å²) in [7, 11) is 0. The molecule has 4 rings (SSSR count). The largest absolute Gasteiger partial charge is 0.326 e. The number of aromatic nitrogens is 2. The molecule has 0 saturated carbocycles. The molecule has 0 N–H and O–H groups in total. The highest BCUT2D eigenvalue weighted by molar-refractivity contribution is 6.30. The second kappa shape index (κ2) is 7.36. The number of halogens is 2. The Kier molecular flexibility index (Phi) is 4.79. The summed E-state index contributed by atoms with van der Waals surface area (Å²) in [6.45, 7) is 0.717. The van der Waals surface area contributed by atoms with Crippen LogP contribution in [-0.4, -0.2) is 9.55 Å². The Morgan fingerprint density at radius 1 is 0.692 bits per heavy atom. The lowest BCUT2D eigenvalue weighted by Crippen LogP contribution is -2.00. The lowest BCUT2D eigenvalue weighted by atomic mass is 10.2. The lowest BCUT2D eigenvalue weighted by molar-refractivity contribution is 0.807. The fourth-order valence-electron chi connectivity index (χ4n) is 2.90. The van der Waals surface area contributed by atoms with Gasteiger partial charge in [-0.05, 0) is 42.0 Å². The van der Waals surface area contributed by atoms with Crippen LogP contribution in [0.5, 0.6) is 0 Å². The number of hydrogen-bond acceptors (Lipinski definition) is 1. The fraction of sp³-hybridized carbons (Fsp3) is 0.0455. The Morgan fingerprint density at radius 2 is 1.31 bits per heavy atom. The van der Waals surface area contributed by atoms with Crippen LogP contribution in [0.3, 0.4) is 0 Å². The molecular weight excluding hydrogens is 363 g/mol. The van der Waals surface area contributed by atoms with E-state index in [1.807, 2.05) is 66.7 Å². The van der Waals surface area contributed by atoms with Gasteiger partial charge >= 0.3 is 0 Å². The molecule has 0 amide bonds. The summed E-state index contributed by atoms with van der Waals surface area (Å²) >= 11 is 12.1. The van der Waals surface area contributed by atoms with Gasteiger partial charge in [-0.25, -0.2) is 4.98 Å². The van der Waals surface area contributed by atoms with Gasteiger partial charge in [-0.3, -0.25) is 0 Å². The second-order valence-corrected chi connectivity index (χ2v) is 6.95. The maximum Gasteiger partial charge on any atom is 0.140 e. The Hall–Kier alpha value is -2.55. The van der Waals surface area contributed by atoms with Crippen LogP contribution >= 0.6 is 23.2 Å². The monoisotopic (exact) mass is 378 g/mol. The van der Waals surface area contributed by atoms with Crippen LogP contribution in [0.2, 0.25) is 10.0 Å². The Bertz CT molecular complexity index is 1000. The van der Waals surface area contributed by atoms with Gasteiger partial charge in [0.15, 0.2) is 0 Å². The number of nitrogens with zero attached hydrogens (tertiary/aromatic N) is 2. The fourth-order valence-corrected chi connectivity index (χ4v) is 3.15. The van der Waals surface area contributed by atoms with Crippen molar-refractivity contribution in [3.63, 3.8) is 0 Å². The molecule has 4 heteroatoms. The van der Waals surface area contributed by atoms with Gasteiger partial charge in [0.1, 0.15) is 5.82 Å². The first kappa shape index (κ1) is 16.9. The van der Waals surface area contributed by atoms with Gasteiger partial charge in [-0.1, -0.05) is 65.7 Å². The minimum Gasteiger partial charge on any atom is -0.326 e. The Balaban J connectivity index is 1.78. The van der Waals surface area contributed by atoms with E-state index in [9.17, 15) is 0 Å². The Labute approximate surface area is 162 Å². The van der Waals surface area contributed by atoms with E-state index in [0.29, 0.717) is 5.02 Å². The van der Waals surface area contributed by atoms with E-state index in [0.717, 1.165) is 34.2 Å². The topological polar surface area (TPSA) is 17.8 Å². The van der Waals surface area contributed by atoms with Crippen LogP contribution in [0.15, 0.2) is 85.1 Å². The van der Waals surface area contributed by atoms with Gasteiger partial charge in [0.2, 0.25) is 0 Å². The first-order chi connectivity index (χ1) is 12.7. The minimum absolute atomic E-state index is 0.716. The predicted molar refractivity (Wildman–Crippen MR) is 109 cm³/mol. The van der Waals surface area contributed by atoms with Crippen molar-refractivity contribution >= 4 is 23.2 Å². The van der Waals surface area contributed by atoms with Crippen LogP contribution in [0.25, 0.3) is 22.6 Å². The smallest absolute Gasteiger partial charge is 0.140 e. The standard InChI is InChI=1S/C22H16Cl2N2/c23-19-10-6-16(7-11-19)14-26-15-21(17-4-2-1-3-5-17)25-22(26)18-8-12-20(24)13-9-18/h1-13,15H,14H2. The molecule has 0 fully saturated rings. The summed E-state index contributed by atoms with van der Waals surface area (Å²) in [6, 6.07) is 25.9. The summed E-state index contributed by atoms with van der Waals surface area (Å²) < 4.78 is 2.16. The van der Waals surface area contributed by atoms with E-state index in [4.69, 9.17) is 28.2 Å². The molecule has 1 aromatic heterocycles. The highest BCUT2D eigenvalue weighted by atomic mass is 35.5. The molecule has 0 radical (unpaired) electrons. The second-order valence-electron chi connectivity index (χ2n) is 6.08. The predicted octanol–water partition coefficient (Wildman–Crippen LogP) is 6.57. The third kappa shape index (κ3) is 3.67. The van der Waals surface area contributed by atoms with E-state index in [1.54, 1.807) is 0 Å². The zero-order chi connectivity index (χ0) is 17.9. The molecule has 0 aliphatic heterocycles. The van der Waals surface area contributed by atoms with E-state index < -0.39 is 0 Å². The normalized spacial score (nSPS) is 10.8. The summed E-state index contributed by atoms with van der Waals surface area (Å²) in [5, 5.41) is 1.45. The van der Waals surface area contributed by atoms with E-state index in [1.165, 1.54) is 5.56 Å². The molecule has 4 aromatic rings. The highest BCUT2D eigenvalue weighted by Crippen LogP contribution is 2.27. The molecule has 3 aromatic carbocycles. The molecule has 0 atom stereocenters. The van der Waals surface area contributed by atoms with E-state index in [-0.39, 0.29) is 0 Å². The molecule has 2 nitrogen and oxygen atoms in total. The maximum absolute atomic E-state index is 6.04. The quantitative estimate of drug-likeness (QED) is 0.392. The SMILES string of the molecule is Clc1ccc(Cn2cc(-c3ccccc3)nc2-c2ccc(Cl)cc2)cc1. The van der Waals surface area contributed by atoms with Gasteiger partial charge in [0.05, 0.1) is 5.69 Å². The molecule has 0 aliphatic rings. The van der Waals surface area contributed by atoms with Crippen LogP contribution in [0.1, 0.15) is 5.56 Å². The first-order valence-electron chi connectivity index (χ1n) is 8.32. The molecule has 26 heavy (non-hydrogen) atoms.